The highest BCUT2D eigenvalue weighted by atomic mass is 16.5. The van der Waals surface area contributed by atoms with Crippen LogP contribution in [0.15, 0.2) is 79.0 Å². The third kappa shape index (κ3) is 6.22. The van der Waals surface area contributed by atoms with Gasteiger partial charge >= 0.3 is 5.97 Å². The summed E-state index contributed by atoms with van der Waals surface area (Å²) in [6.07, 6.45) is 2.28. The van der Waals surface area contributed by atoms with Gasteiger partial charge in [-0.05, 0) is 43.2 Å². The molecule has 4 rings (SSSR count). The van der Waals surface area contributed by atoms with Crippen LogP contribution in [0.3, 0.4) is 0 Å². The molecule has 2 aromatic heterocycles. The van der Waals surface area contributed by atoms with Gasteiger partial charge in [0.2, 0.25) is 5.88 Å². The molecule has 174 valence electrons. The molecule has 7 nitrogen and oxygen atoms in total. The second-order valence-corrected chi connectivity index (χ2v) is 7.80. The van der Waals surface area contributed by atoms with Crippen molar-refractivity contribution in [2.75, 3.05) is 6.61 Å². The molecule has 7 heteroatoms. The van der Waals surface area contributed by atoms with Gasteiger partial charge in [-0.15, -0.1) is 5.10 Å². The zero-order chi connectivity index (χ0) is 23.8. The predicted molar refractivity (Wildman–Crippen MR) is 129 cm³/mol. The predicted octanol–water partition coefficient (Wildman–Crippen LogP) is 4.99. The van der Waals surface area contributed by atoms with E-state index in [0.29, 0.717) is 32.1 Å². The Balaban J connectivity index is 1.37. The Morgan fingerprint density at radius 3 is 2.50 bits per heavy atom. The number of aliphatic carboxylic acids is 1. The normalized spacial score (nSPS) is 10.7. The van der Waals surface area contributed by atoms with Crippen molar-refractivity contribution < 1.29 is 19.4 Å². The second kappa shape index (κ2) is 11.1. The minimum absolute atomic E-state index is 0.0426. The Bertz CT molecular complexity index is 1220. The minimum atomic E-state index is -0.840. The summed E-state index contributed by atoms with van der Waals surface area (Å²) in [6, 6.07) is 23.8. The fourth-order valence-electron chi connectivity index (χ4n) is 3.56. The van der Waals surface area contributed by atoms with Crippen molar-refractivity contribution in [1.29, 1.82) is 0 Å². The molecule has 2 aromatic carbocycles. The SMILES string of the molecule is CCOc1nn(Cc2ccc(OCc3cccc(-c4ccccc4)n3)cc2)cc1CCC(=O)O. The third-order valence-corrected chi connectivity index (χ3v) is 5.22. The van der Waals surface area contributed by atoms with E-state index in [0.717, 1.165) is 33.8 Å². The molecule has 0 bridgehead atoms. The molecule has 34 heavy (non-hydrogen) atoms. The van der Waals surface area contributed by atoms with E-state index in [1.165, 1.54) is 0 Å². The highest BCUT2D eigenvalue weighted by Gasteiger charge is 2.12. The highest BCUT2D eigenvalue weighted by molar-refractivity contribution is 5.67. The van der Waals surface area contributed by atoms with Crippen LogP contribution >= 0.6 is 0 Å². The van der Waals surface area contributed by atoms with Crippen molar-refractivity contribution in [3.63, 3.8) is 0 Å². The fraction of sp³-hybridized carbons (Fsp3) is 0.222. The molecule has 0 spiro atoms. The Morgan fingerprint density at radius 2 is 1.76 bits per heavy atom. The van der Waals surface area contributed by atoms with E-state index in [4.69, 9.17) is 19.6 Å². The van der Waals surface area contributed by atoms with Crippen molar-refractivity contribution in [2.45, 2.75) is 32.9 Å². The van der Waals surface area contributed by atoms with Crippen LogP contribution < -0.4 is 9.47 Å². The third-order valence-electron chi connectivity index (χ3n) is 5.22. The number of aryl methyl sites for hydroxylation is 1. The molecule has 0 fully saturated rings. The maximum Gasteiger partial charge on any atom is 0.303 e. The molecule has 0 radical (unpaired) electrons. The number of carboxylic acids is 1. The minimum Gasteiger partial charge on any atom is -0.487 e. The van der Waals surface area contributed by atoms with Crippen LogP contribution in [0.5, 0.6) is 11.6 Å². The van der Waals surface area contributed by atoms with E-state index < -0.39 is 5.97 Å². The molecule has 0 saturated heterocycles. The Labute approximate surface area is 198 Å². The monoisotopic (exact) mass is 457 g/mol. The molecule has 0 saturated carbocycles. The van der Waals surface area contributed by atoms with Gasteiger partial charge < -0.3 is 14.6 Å². The molecule has 0 unspecified atom stereocenters. The van der Waals surface area contributed by atoms with Crippen LogP contribution in [0.25, 0.3) is 11.3 Å². The molecule has 1 N–H and O–H groups in total. The van der Waals surface area contributed by atoms with Gasteiger partial charge in [0.15, 0.2) is 0 Å². The lowest BCUT2D eigenvalue weighted by Gasteiger charge is -2.09. The summed E-state index contributed by atoms with van der Waals surface area (Å²) in [4.78, 5) is 15.6. The standard InChI is InChI=1S/C27H27N3O4/c1-2-33-27-22(13-16-26(31)32)18-30(29-27)17-20-11-14-24(15-12-20)34-19-23-9-6-10-25(28-23)21-7-4-3-5-8-21/h3-12,14-15,18H,2,13,16-17,19H2,1H3,(H,31,32). The van der Waals surface area contributed by atoms with Gasteiger partial charge in [-0.1, -0.05) is 48.5 Å². The van der Waals surface area contributed by atoms with Crippen LogP contribution in [0.1, 0.15) is 30.2 Å². The number of ether oxygens (including phenoxy) is 2. The molecule has 0 aliphatic heterocycles. The van der Waals surface area contributed by atoms with Crippen LogP contribution in [-0.2, 0) is 24.4 Å². The number of carboxylic acid groups (broad SMARTS) is 1. The average molecular weight is 458 g/mol. The largest absolute Gasteiger partial charge is 0.487 e. The first-order chi connectivity index (χ1) is 16.6. The van der Waals surface area contributed by atoms with Crippen LogP contribution in [0.4, 0.5) is 0 Å². The van der Waals surface area contributed by atoms with Gasteiger partial charge in [0.1, 0.15) is 12.4 Å². The zero-order valence-electron chi connectivity index (χ0n) is 19.1. The Hall–Kier alpha value is -4.13. The number of benzene rings is 2. The Morgan fingerprint density at radius 1 is 0.971 bits per heavy atom. The molecule has 0 amide bonds. The number of nitrogens with zero attached hydrogens (tertiary/aromatic N) is 3. The topological polar surface area (TPSA) is 86.5 Å². The quantitative estimate of drug-likeness (QED) is 0.342. The number of carbonyl (C=O) groups is 1. The van der Waals surface area contributed by atoms with Gasteiger partial charge in [0, 0.05) is 23.7 Å². The van der Waals surface area contributed by atoms with Crippen molar-refractivity contribution >= 4 is 5.97 Å². The average Bonchev–Trinajstić information content (AvgIpc) is 3.24. The first-order valence-electron chi connectivity index (χ1n) is 11.2. The van der Waals surface area contributed by atoms with E-state index in [-0.39, 0.29) is 6.42 Å². The molecule has 0 aliphatic rings. The van der Waals surface area contributed by atoms with Gasteiger partial charge in [0.25, 0.3) is 0 Å². The van der Waals surface area contributed by atoms with E-state index in [9.17, 15) is 4.79 Å². The van der Waals surface area contributed by atoms with Crippen LogP contribution in [-0.4, -0.2) is 32.4 Å². The maximum absolute atomic E-state index is 10.9. The summed E-state index contributed by atoms with van der Waals surface area (Å²) < 4.78 is 13.3. The van der Waals surface area contributed by atoms with Gasteiger partial charge in [-0.2, -0.15) is 0 Å². The van der Waals surface area contributed by atoms with Gasteiger partial charge in [-0.25, -0.2) is 4.98 Å². The molecular formula is C27H27N3O4. The van der Waals surface area contributed by atoms with Crippen molar-refractivity contribution in [3.8, 4) is 22.9 Å². The Kier molecular flexibility index (Phi) is 7.55. The lowest BCUT2D eigenvalue weighted by molar-refractivity contribution is -0.136. The van der Waals surface area contributed by atoms with Crippen molar-refractivity contribution in [3.05, 3.63) is 95.8 Å². The summed E-state index contributed by atoms with van der Waals surface area (Å²) in [5.41, 5.74) is 4.71. The number of rotatable bonds is 11. The van der Waals surface area contributed by atoms with Crippen molar-refractivity contribution in [2.24, 2.45) is 0 Å². The van der Waals surface area contributed by atoms with Crippen LogP contribution in [0, 0.1) is 0 Å². The van der Waals surface area contributed by atoms with E-state index >= 15 is 0 Å². The lowest BCUT2D eigenvalue weighted by atomic mass is 10.1. The smallest absolute Gasteiger partial charge is 0.303 e. The first kappa shape index (κ1) is 23.0. The number of pyridine rings is 1. The molecular weight excluding hydrogens is 430 g/mol. The molecule has 0 atom stereocenters. The van der Waals surface area contributed by atoms with E-state index in [1.54, 1.807) is 4.68 Å². The summed E-state index contributed by atoms with van der Waals surface area (Å²) in [7, 11) is 0. The fourth-order valence-corrected chi connectivity index (χ4v) is 3.56. The maximum atomic E-state index is 10.9. The van der Waals surface area contributed by atoms with Gasteiger partial charge in [0.05, 0.1) is 24.5 Å². The molecule has 0 aliphatic carbocycles. The summed E-state index contributed by atoms with van der Waals surface area (Å²) in [6.45, 7) is 3.29. The number of hydrogen-bond acceptors (Lipinski definition) is 5. The van der Waals surface area contributed by atoms with E-state index in [2.05, 4.69) is 5.10 Å². The summed E-state index contributed by atoms with van der Waals surface area (Å²) in [5.74, 6) is 0.412. The van der Waals surface area contributed by atoms with Crippen LogP contribution in [0.2, 0.25) is 0 Å². The van der Waals surface area contributed by atoms with Crippen molar-refractivity contribution in [1.82, 2.24) is 14.8 Å². The van der Waals surface area contributed by atoms with E-state index in [1.807, 2.05) is 85.9 Å². The summed E-state index contributed by atoms with van der Waals surface area (Å²) in [5, 5.41) is 13.4. The zero-order valence-corrected chi connectivity index (χ0v) is 19.1. The number of hydrogen-bond donors (Lipinski definition) is 1. The number of aromatic nitrogens is 3. The lowest BCUT2D eigenvalue weighted by Crippen LogP contribution is -2.02. The first-order valence-corrected chi connectivity index (χ1v) is 11.2. The van der Waals surface area contributed by atoms with Gasteiger partial charge in [-0.3, -0.25) is 9.48 Å². The highest BCUT2D eigenvalue weighted by Crippen LogP contribution is 2.21. The molecule has 2 heterocycles. The molecule has 4 aromatic rings. The summed E-state index contributed by atoms with van der Waals surface area (Å²) >= 11 is 0. The second-order valence-electron chi connectivity index (χ2n) is 7.80.